The second kappa shape index (κ2) is 9.66. The van der Waals surface area contributed by atoms with Crippen LogP contribution in [0, 0.1) is 39.9 Å². The van der Waals surface area contributed by atoms with E-state index in [0.717, 1.165) is 44.1 Å². The molecule has 4 nitrogen and oxygen atoms in total. The third kappa shape index (κ3) is 4.42. The second-order valence-electron chi connectivity index (χ2n) is 12.5. The van der Waals surface area contributed by atoms with E-state index in [0.29, 0.717) is 24.7 Å². The van der Waals surface area contributed by atoms with Crippen molar-refractivity contribution in [2.45, 2.75) is 99.3 Å². The molecule has 7 atom stereocenters. The van der Waals surface area contributed by atoms with Gasteiger partial charge in [0.05, 0.1) is 5.92 Å². The van der Waals surface area contributed by atoms with Crippen LogP contribution in [0.2, 0.25) is 0 Å². The molecule has 0 amide bonds. The summed E-state index contributed by atoms with van der Waals surface area (Å²) in [5, 5.41) is 19.7. The molecule has 3 aliphatic carbocycles. The van der Waals surface area contributed by atoms with Crippen LogP contribution in [0.15, 0.2) is 35.5 Å². The van der Waals surface area contributed by atoms with E-state index in [4.69, 9.17) is 0 Å². The molecule has 0 heterocycles. The molecule has 0 aromatic rings. The minimum atomic E-state index is -0.730. The lowest BCUT2D eigenvalue weighted by atomic mass is 9.44. The SMILES string of the molecule is C=C(C)C1CC=C2C(CCC3(C)C(C(CCC=C(C)C)C(=O)O)CCC23C)C1(C)CCC(=O)O. The van der Waals surface area contributed by atoms with Gasteiger partial charge in [0.15, 0.2) is 0 Å². The Morgan fingerprint density at radius 3 is 2.38 bits per heavy atom. The Balaban J connectivity index is 1.97. The van der Waals surface area contributed by atoms with Crippen molar-refractivity contribution in [1.29, 1.82) is 0 Å². The van der Waals surface area contributed by atoms with E-state index in [1.807, 2.05) is 0 Å². The number of carboxylic acids is 2. The summed E-state index contributed by atoms with van der Waals surface area (Å²) in [6.07, 6.45) is 11.9. The van der Waals surface area contributed by atoms with Crippen LogP contribution in [0.25, 0.3) is 0 Å². The van der Waals surface area contributed by atoms with Crippen LogP contribution >= 0.6 is 0 Å². The van der Waals surface area contributed by atoms with Gasteiger partial charge in [-0.1, -0.05) is 56.2 Å². The van der Waals surface area contributed by atoms with Gasteiger partial charge in [0, 0.05) is 6.42 Å². The Morgan fingerprint density at radius 1 is 1.15 bits per heavy atom. The maximum Gasteiger partial charge on any atom is 0.306 e. The van der Waals surface area contributed by atoms with Gasteiger partial charge in [0.2, 0.25) is 0 Å². The van der Waals surface area contributed by atoms with E-state index in [2.05, 4.69) is 60.3 Å². The largest absolute Gasteiger partial charge is 0.481 e. The van der Waals surface area contributed by atoms with E-state index in [9.17, 15) is 19.8 Å². The number of allylic oxidation sites excluding steroid dienone is 5. The van der Waals surface area contributed by atoms with Crippen molar-refractivity contribution < 1.29 is 19.8 Å². The molecule has 0 saturated heterocycles. The van der Waals surface area contributed by atoms with Crippen LogP contribution in [0.5, 0.6) is 0 Å². The topological polar surface area (TPSA) is 74.6 Å². The third-order valence-corrected chi connectivity index (χ3v) is 10.5. The number of hydrogen-bond donors (Lipinski definition) is 2. The lowest BCUT2D eigenvalue weighted by Crippen LogP contribution is -2.52. The molecule has 2 saturated carbocycles. The maximum atomic E-state index is 12.4. The lowest BCUT2D eigenvalue weighted by molar-refractivity contribution is -0.147. The number of hydrogen-bond acceptors (Lipinski definition) is 2. The summed E-state index contributed by atoms with van der Waals surface area (Å²) in [6.45, 7) is 17.6. The van der Waals surface area contributed by atoms with Crippen molar-refractivity contribution in [3.05, 3.63) is 35.5 Å². The Kier molecular flexibility index (Phi) is 7.60. The highest BCUT2D eigenvalue weighted by Crippen LogP contribution is 2.72. The van der Waals surface area contributed by atoms with Gasteiger partial charge in [-0.3, -0.25) is 9.59 Å². The molecule has 0 aromatic carbocycles. The summed E-state index contributed by atoms with van der Waals surface area (Å²) in [5.41, 5.74) is 3.68. The van der Waals surface area contributed by atoms with Gasteiger partial charge in [0.25, 0.3) is 0 Å². The van der Waals surface area contributed by atoms with Crippen molar-refractivity contribution in [1.82, 2.24) is 0 Å². The molecule has 0 aromatic heterocycles. The zero-order valence-corrected chi connectivity index (χ0v) is 22.2. The first kappa shape index (κ1) is 26.8. The van der Waals surface area contributed by atoms with Gasteiger partial charge in [0.1, 0.15) is 0 Å². The summed E-state index contributed by atoms with van der Waals surface area (Å²) in [5.74, 6) is -0.886. The molecule has 4 heteroatoms. The second-order valence-corrected chi connectivity index (χ2v) is 12.5. The van der Waals surface area contributed by atoms with Gasteiger partial charge >= 0.3 is 11.9 Å². The zero-order valence-electron chi connectivity index (χ0n) is 22.2. The molecule has 0 bridgehead atoms. The van der Waals surface area contributed by atoms with Crippen molar-refractivity contribution in [2.75, 3.05) is 0 Å². The fourth-order valence-corrected chi connectivity index (χ4v) is 8.37. The molecule has 7 unspecified atom stereocenters. The molecule has 2 N–H and O–H groups in total. The van der Waals surface area contributed by atoms with Crippen LogP contribution in [-0.4, -0.2) is 22.2 Å². The quantitative estimate of drug-likeness (QED) is 0.339. The summed E-state index contributed by atoms with van der Waals surface area (Å²) in [4.78, 5) is 24.0. The molecule has 34 heavy (non-hydrogen) atoms. The van der Waals surface area contributed by atoms with Gasteiger partial charge < -0.3 is 10.2 Å². The van der Waals surface area contributed by atoms with E-state index in [1.165, 1.54) is 11.1 Å². The predicted molar refractivity (Wildman–Crippen MR) is 137 cm³/mol. The Hall–Kier alpha value is -1.84. The van der Waals surface area contributed by atoms with Crippen molar-refractivity contribution >= 4 is 11.9 Å². The number of aliphatic carboxylic acids is 2. The highest BCUT2D eigenvalue weighted by Gasteiger charge is 2.64. The molecule has 2 fully saturated rings. The van der Waals surface area contributed by atoms with Gasteiger partial charge in [-0.2, -0.15) is 0 Å². The van der Waals surface area contributed by atoms with Crippen LogP contribution < -0.4 is 0 Å². The monoisotopic (exact) mass is 470 g/mol. The first-order chi connectivity index (χ1) is 15.8. The smallest absolute Gasteiger partial charge is 0.306 e. The highest BCUT2D eigenvalue weighted by atomic mass is 16.4. The predicted octanol–water partition coefficient (Wildman–Crippen LogP) is 7.66. The number of carbonyl (C=O) groups is 2. The van der Waals surface area contributed by atoms with E-state index >= 15 is 0 Å². The van der Waals surface area contributed by atoms with Crippen LogP contribution in [0.3, 0.4) is 0 Å². The molecule has 0 aliphatic heterocycles. The number of carboxylic acid groups (broad SMARTS) is 2. The standard InChI is InChI=1S/C30H46O4/c1-19(2)9-8-10-21(27(33)34)23-13-17-30(7)25-12-11-22(20(3)4)28(5,16-15-26(31)32)24(25)14-18-29(23,30)6/h9,12,21-24H,3,8,10-11,13-18H2,1-2,4-7H3,(H,31,32)(H,33,34). The molecule has 3 rings (SSSR count). The van der Waals surface area contributed by atoms with E-state index in [-0.39, 0.29) is 34.5 Å². The lowest BCUT2D eigenvalue weighted by Gasteiger charge is -2.60. The van der Waals surface area contributed by atoms with Gasteiger partial charge in [-0.05, 0) is 106 Å². The first-order valence-corrected chi connectivity index (χ1v) is 13.2. The number of rotatable bonds is 9. The van der Waals surface area contributed by atoms with Crippen molar-refractivity contribution in [2.24, 2.45) is 39.9 Å². The van der Waals surface area contributed by atoms with Crippen molar-refractivity contribution in [3.8, 4) is 0 Å². The summed E-state index contributed by atoms with van der Waals surface area (Å²) in [7, 11) is 0. The highest BCUT2D eigenvalue weighted by molar-refractivity contribution is 5.70. The van der Waals surface area contributed by atoms with E-state index < -0.39 is 11.9 Å². The fourth-order valence-electron chi connectivity index (χ4n) is 8.37. The first-order valence-electron chi connectivity index (χ1n) is 13.2. The molecular formula is C30H46O4. The summed E-state index contributed by atoms with van der Waals surface area (Å²) >= 11 is 0. The molecule has 0 radical (unpaired) electrons. The van der Waals surface area contributed by atoms with Gasteiger partial charge in [-0.15, -0.1) is 0 Å². The Labute approximate surface area is 206 Å². The van der Waals surface area contributed by atoms with Crippen molar-refractivity contribution in [3.63, 3.8) is 0 Å². The average Bonchev–Trinajstić information content (AvgIpc) is 3.01. The van der Waals surface area contributed by atoms with E-state index in [1.54, 1.807) is 0 Å². The molecule has 190 valence electrons. The van der Waals surface area contributed by atoms with Crippen LogP contribution in [-0.2, 0) is 9.59 Å². The summed E-state index contributed by atoms with van der Waals surface area (Å²) in [6, 6.07) is 0. The minimum absolute atomic E-state index is 0.0324. The fraction of sp³-hybridized carbons (Fsp3) is 0.733. The molecular weight excluding hydrogens is 424 g/mol. The average molecular weight is 471 g/mol. The molecule has 3 aliphatic rings. The third-order valence-electron chi connectivity index (χ3n) is 10.5. The minimum Gasteiger partial charge on any atom is -0.481 e. The Bertz CT molecular complexity index is 893. The Morgan fingerprint density at radius 2 is 1.82 bits per heavy atom. The number of fused-ring (bicyclic) bond motifs is 3. The normalized spacial score (nSPS) is 37.7. The summed E-state index contributed by atoms with van der Waals surface area (Å²) < 4.78 is 0. The zero-order chi connectivity index (χ0) is 25.5. The molecule has 0 spiro atoms. The van der Waals surface area contributed by atoms with Crippen LogP contribution in [0.4, 0.5) is 0 Å². The van der Waals surface area contributed by atoms with Gasteiger partial charge in [-0.25, -0.2) is 0 Å². The van der Waals surface area contributed by atoms with Crippen LogP contribution in [0.1, 0.15) is 99.3 Å². The maximum absolute atomic E-state index is 12.4.